The third-order valence-electron chi connectivity index (χ3n) is 3.93. The lowest BCUT2D eigenvalue weighted by atomic mass is 10.1. The maximum atomic E-state index is 12.4. The first kappa shape index (κ1) is 22.3. The second-order valence-corrected chi connectivity index (χ2v) is 6.98. The number of hydrogen-bond acceptors (Lipinski definition) is 8. The molecule has 5 N–H and O–H groups in total. The van der Waals surface area contributed by atoms with Gasteiger partial charge in [0.15, 0.2) is 6.29 Å². The van der Waals surface area contributed by atoms with Crippen molar-refractivity contribution in [1.29, 1.82) is 0 Å². The highest BCUT2D eigenvalue weighted by molar-refractivity contribution is 7.12. The Labute approximate surface area is 167 Å². The number of aliphatic hydroxyl groups excluding tert-OH is 4. The van der Waals surface area contributed by atoms with Crippen LogP contribution in [-0.2, 0) is 11.3 Å². The van der Waals surface area contributed by atoms with Gasteiger partial charge in [-0.2, -0.15) is 0 Å². The van der Waals surface area contributed by atoms with Gasteiger partial charge in [-0.3, -0.25) is 4.79 Å². The quantitative estimate of drug-likeness (QED) is 0.341. The summed E-state index contributed by atoms with van der Waals surface area (Å²) >= 11 is 1.21. The van der Waals surface area contributed by atoms with Gasteiger partial charge >= 0.3 is 0 Å². The summed E-state index contributed by atoms with van der Waals surface area (Å²) in [7, 11) is 0. The molecule has 0 aliphatic heterocycles. The highest BCUT2D eigenvalue weighted by Gasteiger charge is 2.28. The highest BCUT2D eigenvalue weighted by atomic mass is 32.1. The van der Waals surface area contributed by atoms with Gasteiger partial charge in [-0.15, -0.1) is 11.3 Å². The molecule has 4 unspecified atom stereocenters. The molecule has 4 atom stereocenters. The molecule has 0 aliphatic carbocycles. The first-order valence-electron chi connectivity index (χ1n) is 8.75. The first-order chi connectivity index (χ1) is 13.5. The van der Waals surface area contributed by atoms with Crippen LogP contribution in [0.1, 0.15) is 22.2 Å². The molecule has 0 spiro atoms. The van der Waals surface area contributed by atoms with Crippen LogP contribution >= 0.6 is 11.3 Å². The second-order valence-electron chi connectivity index (χ2n) is 6.07. The van der Waals surface area contributed by atoms with Gasteiger partial charge in [-0.25, -0.2) is 0 Å². The van der Waals surface area contributed by atoms with Crippen LogP contribution < -0.4 is 10.1 Å². The maximum absolute atomic E-state index is 12.4. The van der Waals surface area contributed by atoms with E-state index in [2.05, 4.69) is 5.32 Å². The largest absolute Gasteiger partial charge is 0.464 e. The molecule has 154 valence electrons. The van der Waals surface area contributed by atoms with Crippen molar-refractivity contribution in [3.8, 4) is 5.75 Å². The standard InChI is InChI=1S/C19H25NO7S/c1-12(27-16(11-22)17(24)14(23)10-21)26-15-7-8-28-18(15)19(25)20-9-13-5-3-2-4-6-13/h2-8,12,14,16-17,21-24H,9-11H2,1H3,(H,20,25). The van der Waals surface area contributed by atoms with Crippen LogP contribution in [0, 0.1) is 0 Å². The highest BCUT2D eigenvalue weighted by Crippen LogP contribution is 2.26. The fourth-order valence-electron chi connectivity index (χ4n) is 2.45. The average molecular weight is 411 g/mol. The molecule has 1 aromatic carbocycles. The van der Waals surface area contributed by atoms with Crippen molar-refractivity contribution < 1.29 is 34.7 Å². The summed E-state index contributed by atoms with van der Waals surface area (Å²) in [5.74, 6) is 0.00690. The normalized spacial score (nSPS) is 15.5. The van der Waals surface area contributed by atoms with Crippen molar-refractivity contribution in [2.45, 2.75) is 38.1 Å². The van der Waals surface area contributed by atoms with Gasteiger partial charge in [0.05, 0.1) is 13.2 Å². The van der Waals surface area contributed by atoms with Crippen LogP contribution in [0.5, 0.6) is 5.75 Å². The minimum atomic E-state index is -1.49. The van der Waals surface area contributed by atoms with E-state index in [-0.39, 0.29) is 5.91 Å². The minimum absolute atomic E-state index is 0.296. The number of aliphatic hydroxyl groups is 4. The molecule has 0 saturated heterocycles. The fourth-order valence-corrected chi connectivity index (χ4v) is 3.19. The Morgan fingerprint density at radius 3 is 2.50 bits per heavy atom. The molecule has 0 fully saturated rings. The molecular formula is C19H25NO7S. The molecule has 0 aliphatic rings. The molecule has 8 nitrogen and oxygen atoms in total. The van der Waals surface area contributed by atoms with Crippen molar-refractivity contribution in [3.63, 3.8) is 0 Å². The Bertz CT molecular complexity index is 724. The van der Waals surface area contributed by atoms with E-state index in [1.165, 1.54) is 18.3 Å². The number of benzene rings is 1. The Balaban J connectivity index is 1.94. The lowest BCUT2D eigenvalue weighted by molar-refractivity contribution is -0.177. The monoisotopic (exact) mass is 411 g/mol. The predicted molar refractivity (Wildman–Crippen MR) is 103 cm³/mol. The summed E-state index contributed by atoms with van der Waals surface area (Å²) in [5.41, 5.74) is 0.966. The van der Waals surface area contributed by atoms with E-state index in [1.54, 1.807) is 11.4 Å². The average Bonchev–Trinajstić information content (AvgIpc) is 3.17. The van der Waals surface area contributed by atoms with E-state index in [0.29, 0.717) is 17.2 Å². The lowest BCUT2D eigenvalue weighted by Crippen LogP contribution is -2.45. The molecule has 0 bridgehead atoms. The van der Waals surface area contributed by atoms with Gasteiger partial charge in [0.25, 0.3) is 5.91 Å². The topological polar surface area (TPSA) is 128 Å². The third-order valence-corrected chi connectivity index (χ3v) is 4.83. The molecule has 28 heavy (non-hydrogen) atoms. The number of hydrogen-bond donors (Lipinski definition) is 5. The maximum Gasteiger partial charge on any atom is 0.265 e. The molecule has 2 aromatic rings. The van der Waals surface area contributed by atoms with E-state index in [1.807, 2.05) is 30.3 Å². The number of thiophene rings is 1. The summed E-state index contributed by atoms with van der Waals surface area (Å²) < 4.78 is 11.0. The summed E-state index contributed by atoms with van der Waals surface area (Å²) in [6.07, 6.45) is -5.03. The molecule has 0 radical (unpaired) electrons. The van der Waals surface area contributed by atoms with Crippen molar-refractivity contribution in [2.24, 2.45) is 0 Å². The second kappa shape index (κ2) is 11.1. The van der Waals surface area contributed by atoms with Gasteiger partial charge < -0.3 is 35.2 Å². The lowest BCUT2D eigenvalue weighted by Gasteiger charge is -2.27. The zero-order valence-electron chi connectivity index (χ0n) is 15.4. The summed E-state index contributed by atoms with van der Waals surface area (Å²) in [6, 6.07) is 11.1. The molecule has 1 aromatic heterocycles. The zero-order chi connectivity index (χ0) is 20.5. The van der Waals surface area contributed by atoms with Crippen LogP contribution in [-0.4, -0.2) is 64.1 Å². The van der Waals surface area contributed by atoms with E-state index in [4.69, 9.17) is 14.6 Å². The molecule has 1 heterocycles. The van der Waals surface area contributed by atoms with E-state index in [0.717, 1.165) is 5.56 Å². The van der Waals surface area contributed by atoms with E-state index < -0.39 is 37.8 Å². The van der Waals surface area contributed by atoms with Gasteiger partial charge in [-0.05, 0) is 23.9 Å². The van der Waals surface area contributed by atoms with Crippen LogP contribution in [0.4, 0.5) is 0 Å². The van der Waals surface area contributed by atoms with Crippen molar-refractivity contribution in [3.05, 3.63) is 52.2 Å². The molecule has 1 amide bonds. The number of ether oxygens (including phenoxy) is 2. The van der Waals surface area contributed by atoms with E-state index in [9.17, 15) is 20.1 Å². The van der Waals surface area contributed by atoms with Crippen LogP contribution in [0.3, 0.4) is 0 Å². The molecule has 9 heteroatoms. The minimum Gasteiger partial charge on any atom is -0.464 e. The number of rotatable bonds is 11. The first-order valence-corrected chi connectivity index (χ1v) is 9.63. The van der Waals surface area contributed by atoms with Gasteiger partial charge in [0.1, 0.15) is 28.9 Å². The van der Waals surface area contributed by atoms with E-state index >= 15 is 0 Å². The molecule has 0 saturated carbocycles. The number of carbonyl (C=O) groups excluding carboxylic acids is 1. The van der Waals surface area contributed by atoms with Gasteiger partial charge in [0.2, 0.25) is 0 Å². The van der Waals surface area contributed by atoms with Crippen LogP contribution in [0.25, 0.3) is 0 Å². The number of nitrogens with one attached hydrogen (secondary N) is 1. The number of carbonyl (C=O) groups is 1. The summed E-state index contributed by atoms with van der Waals surface area (Å²) in [6.45, 7) is 0.650. The smallest absolute Gasteiger partial charge is 0.265 e. The fraction of sp³-hybridized carbons (Fsp3) is 0.421. The SMILES string of the molecule is CC(Oc1ccsc1C(=O)NCc1ccccc1)OC(CO)C(O)C(O)CO. The van der Waals surface area contributed by atoms with Gasteiger partial charge in [-0.1, -0.05) is 30.3 Å². The van der Waals surface area contributed by atoms with Crippen molar-refractivity contribution in [2.75, 3.05) is 13.2 Å². The number of amides is 1. The Hall–Kier alpha value is -2.01. The van der Waals surface area contributed by atoms with Crippen LogP contribution in [0.15, 0.2) is 41.8 Å². The Kier molecular flexibility index (Phi) is 8.84. The van der Waals surface area contributed by atoms with Crippen LogP contribution in [0.2, 0.25) is 0 Å². The summed E-state index contributed by atoms with van der Waals surface area (Å²) in [5, 5.41) is 42.1. The molecule has 2 rings (SSSR count). The Morgan fingerprint density at radius 1 is 1.14 bits per heavy atom. The van der Waals surface area contributed by atoms with Crippen molar-refractivity contribution in [1.82, 2.24) is 5.32 Å². The zero-order valence-corrected chi connectivity index (χ0v) is 16.2. The van der Waals surface area contributed by atoms with Crippen molar-refractivity contribution >= 4 is 17.2 Å². The van der Waals surface area contributed by atoms with Gasteiger partial charge in [0, 0.05) is 6.54 Å². The third kappa shape index (κ3) is 6.26. The predicted octanol–water partition coefficient (Wildman–Crippen LogP) is 0.494. The Morgan fingerprint density at radius 2 is 1.86 bits per heavy atom. The molecular weight excluding hydrogens is 386 g/mol. The summed E-state index contributed by atoms with van der Waals surface area (Å²) in [4.78, 5) is 12.8.